The number of carbonyl (C=O) groups is 2. The first-order valence-electron chi connectivity index (χ1n) is 9.23. The lowest BCUT2D eigenvalue weighted by molar-refractivity contribution is -0.121. The first-order chi connectivity index (χ1) is 13.5. The lowest BCUT2D eigenvalue weighted by Crippen LogP contribution is -2.28. The standard InChI is InChI=1S/C21H23ClN2O4/c1-3-19(25)24-16-6-4-15(5-7-16)13(2)23-20(26)12-14-10-17(22)21-18(11-14)27-8-9-28-21/h4-7,10-11,13H,3,8-9,12H2,1-2H3,(H,23,26)(H,24,25). The Hall–Kier alpha value is -2.73. The maximum Gasteiger partial charge on any atom is 0.224 e. The third-order valence-corrected chi connectivity index (χ3v) is 4.70. The molecule has 0 saturated heterocycles. The number of fused-ring (bicyclic) bond motifs is 1. The molecule has 0 aromatic heterocycles. The fourth-order valence-electron chi connectivity index (χ4n) is 2.93. The number of nitrogens with one attached hydrogen (secondary N) is 2. The molecule has 2 aromatic carbocycles. The summed E-state index contributed by atoms with van der Waals surface area (Å²) in [4.78, 5) is 23.9. The van der Waals surface area contributed by atoms with Crippen molar-refractivity contribution >= 4 is 29.1 Å². The minimum atomic E-state index is -0.170. The van der Waals surface area contributed by atoms with Gasteiger partial charge in [-0.1, -0.05) is 30.7 Å². The van der Waals surface area contributed by atoms with E-state index in [-0.39, 0.29) is 24.3 Å². The molecule has 2 amide bonds. The Morgan fingerprint density at radius 3 is 2.54 bits per heavy atom. The van der Waals surface area contributed by atoms with Gasteiger partial charge in [0.1, 0.15) is 13.2 Å². The lowest BCUT2D eigenvalue weighted by atomic mass is 10.1. The van der Waals surface area contributed by atoms with Gasteiger partial charge in [0.2, 0.25) is 11.8 Å². The van der Waals surface area contributed by atoms with Crippen LogP contribution in [0.2, 0.25) is 5.02 Å². The third kappa shape index (κ3) is 4.95. The number of hydrogen-bond donors (Lipinski definition) is 2. The number of carbonyl (C=O) groups excluding carboxylic acids is 2. The van der Waals surface area contributed by atoms with E-state index in [1.807, 2.05) is 31.2 Å². The zero-order valence-electron chi connectivity index (χ0n) is 15.9. The van der Waals surface area contributed by atoms with E-state index >= 15 is 0 Å². The molecule has 148 valence electrons. The fraction of sp³-hybridized carbons (Fsp3) is 0.333. The molecule has 2 aromatic rings. The molecule has 1 heterocycles. The second-order valence-electron chi connectivity index (χ2n) is 6.59. The summed E-state index contributed by atoms with van der Waals surface area (Å²) in [6.45, 7) is 4.64. The summed E-state index contributed by atoms with van der Waals surface area (Å²) < 4.78 is 11.0. The number of halogens is 1. The number of rotatable bonds is 6. The maximum absolute atomic E-state index is 12.4. The topological polar surface area (TPSA) is 76.7 Å². The number of anilines is 1. The van der Waals surface area contributed by atoms with Gasteiger partial charge in [-0.05, 0) is 42.3 Å². The second kappa shape index (κ2) is 8.97. The van der Waals surface area contributed by atoms with Crippen LogP contribution in [0.15, 0.2) is 36.4 Å². The van der Waals surface area contributed by atoms with Gasteiger partial charge in [0.15, 0.2) is 11.5 Å². The first-order valence-corrected chi connectivity index (χ1v) is 9.61. The van der Waals surface area contributed by atoms with E-state index in [2.05, 4.69) is 10.6 Å². The van der Waals surface area contributed by atoms with E-state index in [4.69, 9.17) is 21.1 Å². The molecule has 6 nitrogen and oxygen atoms in total. The quantitative estimate of drug-likeness (QED) is 0.768. The summed E-state index contributed by atoms with van der Waals surface area (Å²) >= 11 is 6.23. The van der Waals surface area contributed by atoms with Crippen molar-refractivity contribution in [1.29, 1.82) is 0 Å². The summed E-state index contributed by atoms with van der Waals surface area (Å²) in [5.41, 5.74) is 2.44. The predicted molar refractivity (Wildman–Crippen MR) is 108 cm³/mol. The fourth-order valence-corrected chi connectivity index (χ4v) is 3.22. The minimum Gasteiger partial charge on any atom is -0.486 e. The van der Waals surface area contributed by atoms with Crippen LogP contribution >= 0.6 is 11.6 Å². The molecule has 0 aliphatic carbocycles. The number of benzene rings is 2. The van der Waals surface area contributed by atoms with Gasteiger partial charge in [-0.15, -0.1) is 0 Å². The smallest absolute Gasteiger partial charge is 0.224 e. The first kappa shape index (κ1) is 20.0. The molecule has 1 unspecified atom stereocenters. The van der Waals surface area contributed by atoms with Crippen LogP contribution in [-0.2, 0) is 16.0 Å². The Balaban J connectivity index is 1.60. The highest BCUT2D eigenvalue weighted by Gasteiger charge is 2.18. The van der Waals surface area contributed by atoms with Crippen LogP contribution in [-0.4, -0.2) is 25.0 Å². The van der Waals surface area contributed by atoms with Crippen LogP contribution in [0, 0.1) is 0 Å². The van der Waals surface area contributed by atoms with Gasteiger partial charge in [-0.2, -0.15) is 0 Å². The van der Waals surface area contributed by atoms with Crippen LogP contribution in [0.5, 0.6) is 11.5 Å². The van der Waals surface area contributed by atoms with E-state index in [1.165, 1.54) is 0 Å². The Bertz CT molecular complexity index is 867. The number of amides is 2. The molecule has 7 heteroatoms. The van der Waals surface area contributed by atoms with Crippen LogP contribution in [0.4, 0.5) is 5.69 Å². The Kier molecular flexibility index (Phi) is 6.41. The van der Waals surface area contributed by atoms with Crippen molar-refractivity contribution < 1.29 is 19.1 Å². The monoisotopic (exact) mass is 402 g/mol. The molecule has 1 atom stereocenters. The normalized spacial score (nSPS) is 13.5. The second-order valence-corrected chi connectivity index (χ2v) is 7.00. The highest BCUT2D eigenvalue weighted by atomic mass is 35.5. The molecule has 2 N–H and O–H groups in total. The Labute approximate surface area is 169 Å². The average molecular weight is 403 g/mol. The van der Waals surface area contributed by atoms with E-state index in [0.717, 1.165) is 16.8 Å². The van der Waals surface area contributed by atoms with E-state index in [0.29, 0.717) is 36.2 Å². The van der Waals surface area contributed by atoms with Gasteiger partial charge in [0.25, 0.3) is 0 Å². The summed E-state index contributed by atoms with van der Waals surface area (Å²) in [6.07, 6.45) is 0.615. The summed E-state index contributed by atoms with van der Waals surface area (Å²) in [5.74, 6) is 0.941. The largest absolute Gasteiger partial charge is 0.486 e. The molecule has 0 fully saturated rings. The van der Waals surface area contributed by atoms with E-state index in [9.17, 15) is 9.59 Å². The molecule has 0 spiro atoms. The number of ether oxygens (including phenoxy) is 2. The zero-order valence-corrected chi connectivity index (χ0v) is 16.6. The summed E-state index contributed by atoms with van der Waals surface area (Å²) in [6, 6.07) is 10.8. The summed E-state index contributed by atoms with van der Waals surface area (Å²) in [5, 5.41) is 6.22. The molecular formula is C21H23ClN2O4. The van der Waals surface area contributed by atoms with Crippen molar-refractivity contribution in [1.82, 2.24) is 5.32 Å². The van der Waals surface area contributed by atoms with Crippen molar-refractivity contribution in [2.24, 2.45) is 0 Å². The Morgan fingerprint density at radius 1 is 1.11 bits per heavy atom. The van der Waals surface area contributed by atoms with Crippen molar-refractivity contribution in [2.45, 2.75) is 32.7 Å². The van der Waals surface area contributed by atoms with Crippen LogP contribution in [0.3, 0.4) is 0 Å². The van der Waals surface area contributed by atoms with E-state index in [1.54, 1.807) is 19.1 Å². The SMILES string of the molecule is CCC(=O)Nc1ccc(C(C)NC(=O)Cc2cc(Cl)c3c(c2)OCCO3)cc1. The average Bonchev–Trinajstić information content (AvgIpc) is 2.68. The minimum absolute atomic E-state index is 0.0350. The highest BCUT2D eigenvalue weighted by Crippen LogP contribution is 2.38. The van der Waals surface area contributed by atoms with Crippen molar-refractivity contribution in [3.8, 4) is 11.5 Å². The van der Waals surface area contributed by atoms with Crippen LogP contribution in [0.25, 0.3) is 0 Å². The molecule has 3 rings (SSSR count). The molecule has 1 aliphatic rings. The third-order valence-electron chi connectivity index (χ3n) is 4.41. The predicted octanol–water partition coefficient (Wildman–Crippen LogP) is 3.88. The van der Waals surface area contributed by atoms with Gasteiger partial charge in [-0.3, -0.25) is 9.59 Å². The van der Waals surface area contributed by atoms with Gasteiger partial charge >= 0.3 is 0 Å². The van der Waals surface area contributed by atoms with Gasteiger partial charge in [0, 0.05) is 12.1 Å². The van der Waals surface area contributed by atoms with Gasteiger partial charge in [-0.25, -0.2) is 0 Å². The molecule has 0 radical (unpaired) electrons. The van der Waals surface area contributed by atoms with Gasteiger partial charge in [0.05, 0.1) is 17.5 Å². The Morgan fingerprint density at radius 2 is 1.82 bits per heavy atom. The molecule has 28 heavy (non-hydrogen) atoms. The zero-order chi connectivity index (χ0) is 20.1. The highest BCUT2D eigenvalue weighted by molar-refractivity contribution is 6.32. The molecular weight excluding hydrogens is 380 g/mol. The molecule has 1 aliphatic heterocycles. The van der Waals surface area contributed by atoms with Crippen LogP contribution < -0.4 is 20.1 Å². The summed E-state index contributed by atoms with van der Waals surface area (Å²) in [7, 11) is 0. The molecule has 0 bridgehead atoms. The van der Waals surface area contributed by atoms with E-state index < -0.39 is 0 Å². The maximum atomic E-state index is 12.4. The number of hydrogen-bond acceptors (Lipinski definition) is 4. The van der Waals surface area contributed by atoms with Gasteiger partial charge < -0.3 is 20.1 Å². The molecule has 0 saturated carbocycles. The van der Waals surface area contributed by atoms with Crippen molar-refractivity contribution in [3.05, 3.63) is 52.5 Å². The van der Waals surface area contributed by atoms with Crippen molar-refractivity contribution in [3.63, 3.8) is 0 Å². The van der Waals surface area contributed by atoms with Crippen molar-refractivity contribution in [2.75, 3.05) is 18.5 Å². The lowest BCUT2D eigenvalue weighted by Gasteiger charge is -2.20. The van der Waals surface area contributed by atoms with Crippen LogP contribution in [0.1, 0.15) is 37.4 Å².